The van der Waals surface area contributed by atoms with Gasteiger partial charge in [0.2, 0.25) is 5.91 Å². The van der Waals surface area contributed by atoms with Gasteiger partial charge in [-0.05, 0) is 35.9 Å². The van der Waals surface area contributed by atoms with Crippen molar-refractivity contribution in [3.63, 3.8) is 0 Å². The second kappa shape index (κ2) is 6.65. The maximum absolute atomic E-state index is 12.0. The Balaban J connectivity index is 1.96. The Morgan fingerprint density at radius 2 is 2.00 bits per heavy atom. The molecule has 0 radical (unpaired) electrons. The van der Waals surface area contributed by atoms with Gasteiger partial charge < -0.3 is 9.84 Å². The minimum absolute atomic E-state index is 0.139. The van der Waals surface area contributed by atoms with Crippen molar-refractivity contribution in [1.29, 1.82) is 0 Å². The van der Waals surface area contributed by atoms with Crippen LogP contribution in [0.3, 0.4) is 0 Å². The van der Waals surface area contributed by atoms with E-state index in [1.165, 1.54) is 11.9 Å². The van der Waals surface area contributed by atoms with Crippen molar-refractivity contribution in [3.8, 4) is 11.5 Å². The maximum Gasteiger partial charge on any atom is 0.240 e. The highest BCUT2D eigenvalue weighted by molar-refractivity contribution is 9.10. The number of aromatic hydroxyl groups is 1. The van der Waals surface area contributed by atoms with Crippen LogP contribution < -0.4 is 4.74 Å². The summed E-state index contributed by atoms with van der Waals surface area (Å²) in [6, 6.07) is 12.6. The molecule has 0 aliphatic carbocycles. The molecule has 1 amide bonds. The summed E-state index contributed by atoms with van der Waals surface area (Å²) in [5, 5.41) is 16.0. The van der Waals surface area contributed by atoms with Crippen LogP contribution in [0.25, 0.3) is 0 Å². The van der Waals surface area contributed by atoms with E-state index < -0.39 is 0 Å². The van der Waals surface area contributed by atoms with Gasteiger partial charge in [0.05, 0.1) is 18.9 Å². The lowest BCUT2D eigenvalue weighted by Crippen LogP contribution is -2.24. The molecule has 0 bridgehead atoms. The van der Waals surface area contributed by atoms with Crippen molar-refractivity contribution < 1.29 is 14.6 Å². The monoisotopic (exact) mass is 388 g/mol. The van der Waals surface area contributed by atoms with Crippen LogP contribution >= 0.6 is 15.9 Å². The summed E-state index contributed by atoms with van der Waals surface area (Å²) < 4.78 is 6.03. The van der Waals surface area contributed by atoms with E-state index in [0.717, 1.165) is 15.8 Å². The molecule has 0 spiro atoms. The van der Waals surface area contributed by atoms with E-state index in [1.807, 2.05) is 30.3 Å². The summed E-state index contributed by atoms with van der Waals surface area (Å²) in [5.74, 6) is 0.771. The Hall–Kier alpha value is -2.34. The van der Waals surface area contributed by atoms with Crippen LogP contribution in [0.1, 0.15) is 30.5 Å². The quantitative estimate of drug-likeness (QED) is 0.867. The molecule has 6 heteroatoms. The largest absolute Gasteiger partial charge is 0.507 e. The van der Waals surface area contributed by atoms with Crippen LogP contribution in [0.2, 0.25) is 0 Å². The molecular formula is C18H17BrN2O3. The molecule has 0 saturated carbocycles. The maximum atomic E-state index is 12.0. The third kappa shape index (κ3) is 3.14. The van der Waals surface area contributed by atoms with E-state index in [-0.39, 0.29) is 17.7 Å². The molecule has 0 unspecified atom stereocenters. The SMILES string of the molecule is COc1ccc([C@H]2CC(c3cc(Br)ccc3O)=NN2C(C)=O)cc1. The molecule has 2 aromatic rings. The normalized spacial score (nSPS) is 16.9. The number of phenols is 1. The fourth-order valence-corrected chi connectivity index (χ4v) is 3.15. The predicted molar refractivity (Wildman–Crippen MR) is 95.2 cm³/mol. The van der Waals surface area contributed by atoms with Crippen molar-refractivity contribution in [2.45, 2.75) is 19.4 Å². The average Bonchev–Trinajstić information content (AvgIpc) is 3.02. The number of hydrogen-bond acceptors (Lipinski definition) is 4. The molecule has 1 heterocycles. The number of rotatable bonds is 3. The number of carbonyl (C=O) groups is 1. The van der Waals surface area contributed by atoms with E-state index in [9.17, 15) is 9.90 Å². The number of halogens is 1. The number of amides is 1. The topological polar surface area (TPSA) is 62.1 Å². The van der Waals surface area contributed by atoms with Crippen molar-refractivity contribution in [3.05, 3.63) is 58.1 Å². The molecule has 124 valence electrons. The van der Waals surface area contributed by atoms with E-state index in [2.05, 4.69) is 21.0 Å². The van der Waals surface area contributed by atoms with Gasteiger partial charge >= 0.3 is 0 Å². The molecule has 2 aromatic carbocycles. The number of nitrogens with zero attached hydrogens (tertiary/aromatic N) is 2. The van der Waals surface area contributed by atoms with Crippen molar-refractivity contribution in [2.75, 3.05) is 7.11 Å². The fourth-order valence-electron chi connectivity index (χ4n) is 2.79. The molecule has 0 fully saturated rings. The van der Waals surface area contributed by atoms with E-state index in [0.29, 0.717) is 17.7 Å². The van der Waals surface area contributed by atoms with Gasteiger partial charge in [-0.1, -0.05) is 28.1 Å². The second-order valence-electron chi connectivity index (χ2n) is 5.56. The minimum Gasteiger partial charge on any atom is -0.507 e. The Bertz CT molecular complexity index is 802. The molecule has 24 heavy (non-hydrogen) atoms. The molecule has 1 aliphatic rings. The number of methoxy groups -OCH3 is 1. The molecule has 5 nitrogen and oxygen atoms in total. The molecular weight excluding hydrogens is 372 g/mol. The lowest BCUT2D eigenvalue weighted by Gasteiger charge is -2.20. The van der Waals surface area contributed by atoms with Crippen LogP contribution in [0.15, 0.2) is 52.0 Å². The number of benzene rings is 2. The molecule has 0 aromatic heterocycles. The fraction of sp³-hybridized carbons (Fsp3) is 0.222. The first-order valence-electron chi connectivity index (χ1n) is 7.49. The molecule has 1 aliphatic heterocycles. The zero-order valence-corrected chi connectivity index (χ0v) is 14.9. The summed E-state index contributed by atoms with van der Waals surface area (Å²) in [6.07, 6.45) is 0.538. The first kappa shape index (κ1) is 16.5. The van der Waals surface area contributed by atoms with Gasteiger partial charge in [0, 0.05) is 23.4 Å². The third-order valence-electron chi connectivity index (χ3n) is 4.00. The van der Waals surface area contributed by atoms with E-state index in [1.54, 1.807) is 19.2 Å². The Kier molecular flexibility index (Phi) is 4.57. The Morgan fingerprint density at radius 3 is 2.62 bits per heavy atom. The van der Waals surface area contributed by atoms with Gasteiger partial charge in [-0.25, -0.2) is 5.01 Å². The molecule has 1 N–H and O–H groups in total. The van der Waals surface area contributed by atoms with Crippen LogP contribution in [0.4, 0.5) is 0 Å². The minimum atomic E-state index is -0.193. The summed E-state index contributed by atoms with van der Waals surface area (Å²) in [7, 11) is 1.61. The first-order valence-corrected chi connectivity index (χ1v) is 8.29. The number of carbonyl (C=O) groups excluding carboxylic acids is 1. The summed E-state index contributed by atoms with van der Waals surface area (Å²) in [4.78, 5) is 12.0. The highest BCUT2D eigenvalue weighted by Gasteiger charge is 2.32. The number of hydrogen-bond donors (Lipinski definition) is 1. The highest BCUT2D eigenvalue weighted by Crippen LogP contribution is 2.36. The third-order valence-corrected chi connectivity index (χ3v) is 4.50. The number of phenolic OH excluding ortho intramolecular Hbond substituents is 1. The zero-order valence-electron chi connectivity index (χ0n) is 13.4. The lowest BCUT2D eigenvalue weighted by molar-refractivity contribution is -0.130. The smallest absolute Gasteiger partial charge is 0.240 e. The van der Waals surface area contributed by atoms with Gasteiger partial charge in [-0.2, -0.15) is 5.10 Å². The van der Waals surface area contributed by atoms with Crippen molar-refractivity contribution in [1.82, 2.24) is 5.01 Å². The standard InChI is InChI=1S/C18H17BrN2O3/c1-11(22)21-17(12-3-6-14(24-2)7-4-12)10-16(20-21)15-9-13(19)5-8-18(15)23/h3-9,17,23H,10H2,1-2H3/t17-/m1/s1. The van der Waals surface area contributed by atoms with Gasteiger partial charge in [0.25, 0.3) is 0 Å². The average molecular weight is 389 g/mol. The Morgan fingerprint density at radius 1 is 1.29 bits per heavy atom. The molecule has 0 saturated heterocycles. The van der Waals surface area contributed by atoms with Crippen LogP contribution in [0.5, 0.6) is 11.5 Å². The molecule has 3 rings (SSSR count). The van der Waals surface area contributed by atoms with Crippen molar-refractivity contribution in [2.24, 2.45) is 5.10 Å². The van der Waals surface area contributed by atoms with Gasteiger partial charge in [0.1, 0.15) is 11.5 Å². The van der Waals surface area contributed by atoms with Crippen LogP contribution in [-0.4, -0.2) is 28.8 Å². The summed E-state index contributed by atoms with van der Waals surface area (Å²) in [5.41, 5.74) is 2.29. The lowest BCUT2D eigenvalue weighted by atomic mass is 9.98. The van der Waals surface area contributed by atoms with Gasteiger partial charge in [-0.15, -0.1) is 0 Å². The second-order valence-corrected chi connectivity index (χ2v) is 6.48. The number of ether oxygens (including phenoxy) is 1. The van der Waals surface area contributed by atoms with E-state index >= 15 is 0 Å². The predicted octanol–water partition coefficient (Wildman–Crippen LogP) is 3.86. The number of hydrazone groups is 1. The summed E-state index contributed by atoms with van der Waals surface area (Å²) >= 11 is 3.40. The highest BCUT2D eigenvalue weighted by atomic mass is 79.9. The first-order chi connectivity index (χ1) is 11.5. The Labute approximate surface area is 148 Å². The van der Waals surface area contributed by atoms with Crippen molar-refractivity contribution >= 4 is 27.5 Å². The summed E-state index contributed by atoms with van der Waals surface area (Å²) in [6.45, 7) is 1.49. The van der Waals surface area contributed by atoms with Gasteiger partial charge in [-0.3, -0.25) is 4.79 Å². The van der Waals surface area contributed by atoms with Gasteiger partial charge in [0.15, 0.2) is 0 Å². The zero-order chi connectivity index (χ0) is 17.3. The van der Waals surface area contributed by atoms with E-state index in [4.69, 9.17) is 4.74 Å². The van der Waals surface area contributed by atoms with Crippen LogP contribution in [0, 0.1) is 0 Å². The van der Waals surface area contributed by atoms with Crippen LogP contribution in [-0.2, 0) is 4.79 Å². The molecule has 1 atom stereocenters.